The molecule has 0 aromatic heterocycles. The Morgan fingerprint density at radius 2 is 1.76 bits per heavy atom. The monoisotopic (exact) mass is 243 g/mol. The predicted octanol–water partition coefficient (Wildman–Crippen LogP) is 1.86. The fraction of sp³-hybridized carbons (Fsp3) is 0.273. The van der Waals surface area contributed by atoms with Gasteiger partial charge in [-0.2, -0.15) is 8.78 Å². The van der Waals surface area contributed by atoms with Gasteiger partial charge in [0.2, 0.25) is 5.78 Å². The number of amides is 1. The fourth-order valence-corrected chi connectivity index (χ4v) is 1.04. The van der Waals surface area contributed by atoms with E-state index in [4.69, 9.17) is 4.74 Å². The van der Waals surface area contributed by atoms with Gasteiger partial charge in [-0.3, -0.25) is 9.59 Å². The standard InChI is InChI=1S/C11H11F2NO3/c1-7(15)11(12,13)10(16)14-8-3-5-9(17-2)6-4-8/h3-6H,1-2H3,(H,14,16). The van der Waals surface area contributed by atoms with Crippen LogP contribution in [0.2, 0.25) is 0 Å². The molecular weight excluding hydrogens is 232 g/mol. The topological polar surface area (TPSA) is 55.4 Å². The highest BCUT2D eigenvalue weighted by molar-refractivity contribution is 6.11. The molecule has 1 aromatic carbocycles. The minimum absolute atomic E-state index is 0.164. The number of hydrogen-bond donors (Lipinski definition) is 1. The molecule has 0 saturated heterocycles. The zero-order chi connectivity index (χ0) is 13.1. The molecule has 0 saturated carbocycles. The Morgan fingerprint density at radius 3 is 2.18 bits per heavy atom. The van der Waals surface area contributed by atoms with Crippen LogP contribution in [0.1, 0.15) is 6.92 Å². The second kappa shape index (κ2) is 4.90. The van der Waals surface area contributed by atoms with Gasteiger partial charge in [-0.15, -0.1) is 0 Å². The zero-order valence-corrected chi connectivity index (χ0v) is 9.29. The molecule has 0 aliphatic heterocycles. The van der Waals surface area contributed by atoms with Gasteiger partial charge in [0.15, 0.2) is 0 Å². The maximum atomic E-state index is 13.0. The minimum Gasteiger partial charge on any atom is -0.497 e. The van der Waals surface area contributed by atoms with Crippen molar-refractivity contribution in [1.29, 1.82) is 0 Å². The molecule has 0 radical (unpaired) electrons. The van der Waals surface area contributed by atoms with E-state index in [1.54, 1.807) is 0 Å². The number of halogens is 2. The van der Waals surface area contributed by atoms with Gasteiger partial charge >= 0.3 is 11.8 Å². The van der Waals surface area contributed by atoms with Crippen molar-refractivity contribution in [1.82, 2.24) is 0 Å². The smallest absolute Gasteiger partial charge is 0.381 e. The van der Waals surface area contributed by atoms with Gasteiger partial charge in [0.05, 0.1) is 7.11 Å². The van der Waals surface area contributed by atoms with E-state index in [-0.39, 0.29) is 5.69 Å². The summed E-state index contributed by atoms with van der Waals surface area (Å²) in [6.45, 7) is 0.660. The van der Waals surface area contributed by atoms with Crippen LogP contribution >= 0.6 is 0 Å². The van der Waals surface area contributed by atoms with E-state index in [0.717, 1.165) is 0 Å². The number of Topliss-reactive ketones (excluding diaryl/α,β-unsaturated/α-hetero) is 1. The molecule has 0 spiro atoms. The third-order valence-electron chi connectivity index (χ3n) is 2.08. The summed E-state index contributed by atoms with van der Waals surface area (Å²) in [7, 11) is 1.46. The molecule has 0 heterocycles. The summed E-state index contributed by atoms with van der Waals surface area (Å²) in [5.41, 5.74) is 0.164. The lowest BCUT2D eigenvalue weighted by atomic mass is 10.2. The fourth-order valence-electron chi connectivity index (χ4n) is 1.04. The van der Waals surface area contributed by atoms with E-state index in [1.807, 2.05) is 5.32 Å². The third-order valence-corrected chi connectivity index (χ3v) is 2.08. The zero-order valence-electron chi connectivity index (χ0n) is 9.29. The SMILES string of the molecule is COc1ccc(NC(=O)C(F)(F)C(C)=O)cc1. The number of carbonyl (C=O) groups excluding carboxylic acids is 2. The van der Waals surface area contributed by atoms with E-state index in [9.17, 15) is 18.4 Å². The van der Waals surface area contributed by atoms with Crippen molar-refractivity contribution in [3.8, 4) is 5.75 Å². The molecule has 92 valence electrons. The Bertz CT molecular complexity index is 429. The molecule has 1 amide bonds. The van der Waals surface area contributed by atoms with Crippen LogP contribution in [0, 0.1) is 0 Å². The largest absolute Gasteiger partial charge is 0.497 e. The number of rotatable bonds is 4. The molecule has 0 fully saturated rings. The average Bonchev–Trinajstić information content (AvgIpc) is 2.29. The molecule has 1 rings (SSSR count). The summed E-state index contributed by atoms with van der Waals surface area (Å²) in [6, 6.07) is 5.79. The number of nitrogens with one attached hydrogen (secondary N) is 1. The van der Waals surface area contributed by atoms with Crippen molar-refractivity contribution >= 4 is 17.4 Å². The van der Waals surface area contributed by atoms with Crippen LogP contribution in [0.3, 0.4) is 0 Å². The Balaban J connectivity index is 2.77. The minimum atomic E-state index is -4.01. The molecule has 1 N–H and O–H groups in total. The Kier molecular flexibility index (Phi) is 3.77. The van der Waals surface area contributed by atoms with Crippen molar-refractivity contribution in [2.45, 2.75) is 12.8 Å². The van der Waals surface area contributed by atoms with E-state index in [0.29, 0.717) is 12.7 Å². The van der Waals surface area contributed by atoms with E-state index in [2.05, 4.69) is 0 Å². The number of ketones is 1. The van der Waals surface area contributed by atoms with Gasteiger partial charge in [-0.25, -0.2) is 0 Å². The summed E-state index contributed by atoms with van der Waals surface area (Å²) in [5.74, 6) is -6.63. The quantitative estimate of drug-likeness (QED) is 0.821. The molecule has 4 nitrogen and oxygen atoms in total. The van der Waals surface area contributed by atoms with Gasteiger partial charge in [0, 0.05) is 12.6 Å². The van der Waals surface area contributed by atoms with Crippen molar-refractivity contribution in [3.05, 3.63) is 24.3 Å². The van der Waals surface area contributed by atoms with Crippen LogP contribution in [-0.2, 0) is 9.59 Å². The molecule has 0 atom stereocenters. The van der Waals surface area contributed by atoms with Gasteiger partial charge in [-0.1, -0.05) is 0 Å². The Labute approximate surface area is 96.6 Å². The summed E-state index contributed by atoms with van der Waals surface area (Å²) in [6.07, 6.45) is 0. The number of alkyl halides is 2. The Hall–Kier alpha value is -1.98. The lowest BCUT2D eigenvalue weighted by Gasteiger charge is -2.12. The van der Waals surface area contributed by atoms with Crippen LogP contribution in [0.25, 0.3) is 0 Å². The molecule has 17 heavy (non-hydrogen) atoms. The van der Waals surface area contributed by atoms with Gasteiger partial charge in [-0.05, 0) is 24.3 Å². The van der Waals surface area contributed by atoms with Crippen LogP contribution in [0.5, 0.6) is 5.75 Å². The lowest BCUT2D eigenvalue weighted by Crippen LogP contribution is -2.40. The highest BCUT2D eigenvalue weighted by Crippen LogP contribution is 2.20. The molecular formula is C11H11F2NO3. The first-order chi connectivity index (χ1) is 7.87. The van der Waals surface area contributed by atoms with E-state index >= 15 is 0 Å². The predicted molar refractivity (Wildman–Crippen MR) is 57.3 cm³/mol. The number of anilines is 1. The molecule has 0 bridgehead atoms. The van der Waals surface area contributed by atoms with Crippen LogP contribution in [-0.4, -0.2) is 24.7 Å². The molecule has 0 unspecified atom stereocenters. The van der Waals surface area contributed by atoms with Gasteiger partial charge in [0.1, 0.15) is 5.75 Å². The van der Waals surface area contributed by atoms with Crippen molar-refractivity contribution in [3.63, 3.8) is 0 Å². The first kappa shape index (κ1) is 13.1. The maximum Gasteiger partial charge on any atom is 0.381 e. The third kappa shape index (κ3) is 2.99. The highest BCUT2D eigenvalue weighted by Gasteiger charge is 2.44. The van der Waals surface area contributed by atoms with Crippen molar-refractivity contribution in [2.75, 3.05) is 12.4 Å². The van der Waals surface area contributed by atoms with Crippen molar-refractivity contribution in [2.24, 2.45) is 0 Å². The van der Waals surface area contributed by atoms with Crippen LogP contribution in [0.15, 0.2) is 24.3 Å². The number of hydrogen-bond acceptors (Lipinski definition) is 3. The lowest BCUT2D eigenvalue weighted by molar-refractivity contribution is -0.153. The second-order valence-electron chi connectivity index (χ2n) is 3.31. The average molecular weight is 243 g/mol. The van der Waals surface area contributed by atoms with Crippen LogP contribution < -0.4 is 10.1 Å². The molecule has 0 aliphatic carbocycles. The molecule has 6 heteroatoms. The summed E-state index contributed by atoms with van der Waals surface area (Å²) in [5, 5.41) is 1.95. The number of carbonyl (C=O) groups is 2. The van der Waals surface area contributed by atoms with Gasteiger partial charge in [0.25, 0.3) is 0 Å². The first-order valence-electron chi connectivity index (χ1n) is 4.72. The number of methoxy groups -OCH3 is 1. The maximum absolute atomic E-state index is 13.0. The highest BCUT2D eigenvalue weighted by atomic mass is 19.3. The summed E-state index contributed by atoms with van der Waals surface area (Å²) >= 11 is 0. The Morgan fingerprint density at radius 1 is 1.24 bits per heavy atom. The van der Waals surface area contributed by atoms with Crippen molar-refractivity contribution < 1.29 is 23.1 Å². The van der Waals surface area contributed by atoms with E-state index < -0.39 is 17.6 Å². The number of benzene rings is 1. The normalized spacial score (nSPS) is 10.8. The van der Waals surface area contributed by atoms with E-state index in [1.165, 1.54) is 31.4 Å². The van der Waals surface area contributed by atoms with Gasteiger partial charge < -0.3 is 10.1 Å². The first-order valence-corrected chi connectivity index (χ1v) is 4.72. The summed E-state index contributed by atoms with van der Waals surface area (Å²) < 4.78 is 30.8. The summed E-state index contributed by atoms with van der Waals surface area (Å²) in [4.78, 5) is 21.7. The number of ether oxygens (including phenoxy) is 1. The second-order valence-corrected chi connectivity index (χ2v) is 3.31. The molecule has 1 aromatic rings. The van der Waals surface area contributed by atoms with Crippen LogP contribution in [0.4, 0.5) is 14.5 Å². The molecule has 0 aliphatic rings.